The first-order valence-corrected chi connectivity index (χ1v) is 6.19. The number of rotatable bonds is 5. The van der Waals surface area contributed by atoms with Crippen molar-refractivity contribution < 1.29 is 34.8 Å². The van der Waals surface area contributed by atoms with Gasteiger partial charge in [-0.2, -0.15) is 0 Å². The summed E-state index contributed by atoms with van der Waals surface area (Å²) in [5.74, 6) is -2.80. The lowest BCUT2D eigenvalue weighted by Crippen LogP contribution is -2.59. The number of hydrogen-bond donors (Lipinski definition) is 4. The van der Waals surface area contributed by atoms with Crippen molar-refractivity contribution >= 4 is 11.9 Å². The zero-order chi connectivity index (χ0) is 15.4. The molecule has 0 aromatic carbocycles. The average molecular weight is 288 g/mol. The van der Waals surface area contributed by atoms with Crippen molar-refractivity contribution in [2.75, 3.05) is 0 Å². The Hall–Kier alpha value is -1.64. The Morgan fingerprint density at radius 3 is 2.55 bits per heavy atom. The van der Waals surface area contributed by atoms with Crippen molar-refractivity contribution in [2.24, 2.45) is 0 Å². The molecule has 1 amide bonds. The topological polar surface area (TPSA) is 139 Å². The summed E-state index contributed by atoms with van der Waals surface area (Å²) < 4.78 is 5.03. The second kappa shape index (κ2) is 6.69. The van der Waals surface area contributed by atoms with Crippen LogP contribution in [0.5, 0.6) is 0 Å². The molecule has 1 unspecified atom stereocenters. The van der Waals surface area contributed by atoms with E-state index in [1.807, 2.05) is 0 Å². The van der Waals surface area contributed by atoms with Crippen LogP contribution in [0.4, 0.5) is 0 Å². The Balaban J connectivity index is 3.04. The number of aliphatic hydroxyl groups is 3. The fourth-order valence-electron chi connectivity index (χ4n) is 1.97. The van der Waals surface area contributed by atoms with E-state index in [4.69, 9.17) is 4.74 Å². The zero-order valence-electron chi connectivity index (χ0n) is 11.1. The highest BCUT2D eigenvalue weighted by atomic mass is 16.5. The van der Waals surface area contributed by atoms with Gasteiger partial charge in [-0.3, -0.25) is 4.79 Å². The lowest BCUT2D eigenvalue weighted by molar-refractivity contribution is -0.305. The van der Waals surface area contributed by atoms with Gasteiger partial charge in [0.25, 0.3) is 0 Å². The monoisotopic (exact) mass is 288 g/mol. The molecular formula is C12H18NO7-. The number of amides is 1. The smallest absolute Gasteiger partial charge is 0.217 e. The number of carboxylic acid groups (broad SMARTS) is 1. The summed E-state index contributed by atoms with van der Waals surface area (Å²) in [4.78, 5) is 21.9. The molecule has 5 atom stereocenters. The Bertz CT molecular complexity index is 409. The molecule has 8 nitrogen and oxygen atoms in total. The number of carboxylic acids is 1. The second-order valence-electron chi connectivity index (χ2n) is 4.58. The molecular weight excluding hydrogens is 270 g/mol. The van der Waals surface area contributed by atoms with Crippen molar-refractivity contribution in [1.29, 1.82) is 0 Å². The average Bonchev–Trinajstić information content (AvgIpc) is 2.38. The molecule has 0 fully saturated rings. The molecule has 0 aromatic rings. The van der Waals surface area contributed by atoms with Gasteiger partial charge in [-0.05, 0) is 12.5 Å². The number of aliphatic carboxylic acids is 1. The summed E-state index contributed by atoms with van der Waals surface area (Å²) in [6.45, 7) is 2.81. The van der Waals surface area contributed by atoms with Gasteiger partial charge in [-0.25, -0.2) is 0 Å². The van der Waals surface area contributed by atoms with Crippen molar-refractivity contribution in [2.45, 2.75) is 50.7 Å². The third-order valence-electron chi connectivity index (χ3n) is 3.03. The van der Waals surface area contributed by atoms with Crippen LogP contribution < -0.4 is 10.4 Å². The number of hydrogen-bond acceptors (Lipinski definition) is 7. The lowest BCUT2D eigenvalue weighted by atomic mass is 9.93. The third-order valence-corrected chi connectivity index (χ3v) is 3.03. The van der Waals surface area contributed by atoms with Gasteiger partial charge >= 0.3 is 0 Å². The molecule has 4 N–H and O–H groups in total. The van der Waals surface area contributed by atoms with Crippen LogP contribution in [-0.4, -0.2) is 57.7 Å². The van der Waals surface area contributed by atoms with E-state index in [0.29, 0.717) is 0 Å². The van der Waals surface area contributed by atoms with Crippen molar-refractivity contribution in [3.05, 3.63) is 11.8 Å². The zero-order valence-corrected chi connectivity index (χ0v) is 11.1. The van der Waals surface area contributed by atoms with Gasteiger partial charge in [0, 0.05) is 6.92 Å². The third kappa shape index (κ3) is 3.69. The molecule has 1 rings (SSSR count). The van der Waals surface area contributed by atoms with E-state index in [1.54, 1.807) is 6.92 Å². The Morgan fingerprint density at radius 1 is 1.50 bits per heavy atom. The summed E-state index contributed by atoms with van der Waals surface area (Å²) in [6.07, 6.45) is -4.30. The lowest BCUT2D eigenvalue weighted by Gasteiger charge is -2.39. The van der Waals surface area contributed by atoms with Crippen LogP contribution in [-0.2, 0) is 14.3 Å². The molecule has 0 spiro atoms. The van der Waals surface area contributed by atoms with E-state index >= 15 is 0 Å². The van der Waals surface area contributed by atoms with Crippen LogP contribution in [0.3, 0.4) is 0 Å². The highest BCUT2D eigenvalue weighted by Crippen LogP contribution is 2.23. The molecule has 0 saturated carbocycles. The van der Waals surface area contributed by atoms with E-state index in [1.165, 1.54) is 6.92 Å². The van der Waals surface area contributed by atoms with E-state index < -0.39 is 48.1 Å². The van der Waals surface area contributed by atoms with Crippen LogP contribution in [0.25, 0.3) is 0 Å². The van der Waals surface area contributed by atoms with Crippen LogP contribution in [0.2, 0.25) is 0 Å². The first-order chi connectivity index (χ1) is 9.27. The molecule has 0 saturated heterocycles. The fraction of sp³-hybridized carbons (Fsp3) is 0.667. The molecule has 8 heteroatoms. The maximum absolute atomic E-state index is 11.1. The highest BCUT2D eigenvalue weighted by Gasteiger charge is 2.41. The molecule has 1 heterocycles. The Labute approximate surface area is 115 Å². The van der Waals surface area contributed by atoms with Crippen molar-refractivity contribution in [1.82, 2.24) is 5.32 Å². The number of carbonyl (C=O) groups is 2. The minimum absolute atomic E-state index is 0.189. The summed E-state index contributed by atoms with van der Waals surface area (Å²) >= 11 is 0. The van der Waals surface area contributed by atoms with E-state index in [0.717, 1.165) is 6.08 Å². The van der Waals surface area contributed by atoms with Gasteiger partial charge in [0.2, 0.25) is 5.91 Å². The maximum Gasteiger partial charge on any atom is 0.217 e. The highest BCUT2D eigenvalue weighted by molar-refractivity contribution is 5.82. The molecule has 0 aromatic heterocycles. The van der Waals surface area contributed by atoms with Gasteiger partial charge in [-0.15, -0.1) is 0 Å². The SMILES string of the molecule is CC[C@@H](O)[C@@H](O)C1OC(C(=O)[O-])=C[C@@H](O)[C@H]1NC(C)=O. The van der Waals surface area contributed by atoms with Crippen LogP contribution in [0.1, 0.15) is 20.3 Å². The molecule has 0 radical (unpaired) electrons. The van der Waals surface area contributed by atoms with Gasteiger partial charge in [-0.1, -0.05) is 6.92 Å². The molecule has 1 aliphatic rings. The summed E-state index contributed by atoms with van der Waals surface area (Å²) in [6, 6.07) is -1.08. The van der Waals surface area contributed by atoms with E-state index in [-0.39, 0.29) is 6.42 Å². The van der Waals surface area contributed by atoms with Gasteiger partial charge in [0.05, 0.1) is 18.2 Å². The largest absolute Gasteiger partial charge is 0.542 e. The number of nitrogens with one attached hydrogen (secondary N) is 1. The van der Waals surface area contributed by atoms with Crippen LogP contribution in [0, 0.1) is 0 Å². The van der Waals surface area contributed by atoms with Gasteiger partial charge in [0.15, 0.2) is 0 Å². The summed E-state index contributed by atoms with van der Waals surface area (Å²) in [5, 5.41) is 42.6. The van der Waals surface area contributed by atoms with E-state index in [2.05, 4.69) is 5.32 Å². The minimum Gasteiger partial charge on any atom is -0.542 e. The summed E-state index contributed by atoms with van der Waals surface area (Å²) in [5.41, 5.74) is 0. The first-order valence-electron chi connectivity index (χ1n) is 6.19. The fourth-order valence-corrected chi connectivity index (χ4v) is 1.97. The molecule has 20 heavy (non-hydrogen) atoms. The normalized spacial score (nSPS) is 28.9. The minimum atomic E-state index is -1.66. The maximum atomic E-state index is 11.1. The molecule has 0 aliphatic carbocycles. The van der Waals surface area contributed by atoms with Gasteiger partial charge in [0.1, 0.15) is 23.9 Å². The van der Waals surface area contributed by atoms with Crippen LogP contribution in [0.15, 0.2) is 11.8 Å². The standard InChI is InChI=1S/C12H19NO7/c1-3-6(15)10(17)11-9(13-5(2)14)7(16)4-8(20-11)12(18)19/h4,6-7,9-11,15-17H,3H2,1-2H3,(H,13,14)(H,18,19)/p-1/t6-,7-,9-,10-,11?/m1/s1. The first kappa shape index (κ1) is 16.4. The number of carbonyl (C=O) groups excluding carboxylic acids is 2. The predicted octanol–water partition coefficient (Wildman–Crippen LogP) is -2.98. The predicted molar refractivity (Wildman–Crippen MR) is 63.9 cm³/mol. The molecule has 114 valence electrons. The van der Waals surface area contributed by atoms with E-state index in [9.17, 15) is 30.0 Å². The Morgan fingerprint density at radius 2 is 2.10 bits per heavy atom. The van der Waals surface area contributed by atoms with Crippen molar-refractivity contribution in [3.63, 3.8) is 0 Å². The van der Waals surface area contributed by atoms with Crippen LogP contribution >= 0.6 is 0 Å². The Kier molecular flexibility index (Phi) is 5.49. The van der Waals surface area contributed by atoms with Crippen molar-refractivity contribution in [3.8, 4) is 0 Å². The number of ether oxygens (including phenoxy) is 1. The molecule has 1 aliphatic heterocycles. The number of aliphatic hydroxyl groups excluding tert-OH is 3. The van der Waals surface area contributed by atoms with Gasteiger partial charge < -0.3 is 35.3 Å². The summed E-state index contributed by atoms with van der Waals surface area (Å²) in [7, 11) is 0. The second-order valence-corrected chi connectivity index (χ2v) is 4.58. The molecule has 0 bridgehead atoms. The quantitative estimate of drug-likeness (QED) is 0.423.